The Morgan fingerprint density at radius 2 is 1.61 bits per heavy atom. The smallest absolute Gasteiger partial charge is 0.475 e. The summed E-state index contributed by atoms with van der Waals surface area (Å²) in [7, 11) is 2.17. The van der Waals surface area contributed by atoms with E-state index in [1.807, 2.05) is 19.2 Å². The minimum Gasteiger partial charge on any atom is -0.475 e. The Labute approximate surface area is 202 Å². The van der Waals surface area contributed by atoms with E-state index in [4.69, 9.17) is 24.2 Å². The van der Waals surface area contributed by atoms with E-state index in [-0.39, 0.29) is 0 Å². The fourth-order valence-corrected chi connectivity index (χ4v) is 2.86. The molecule has 3 heterocycles. The molecule has 2 aromatic rings. The van der Waals surface area contributed by atoms with Crippen LogP contribution < -0.4 is 0 Å². The van der Waals surface area contributed by atoms with Crippen LogP contribution in [0.25, 0.3) is 0 Å². The third-order valence-electron chi connectivity index (χ3n) is 4.98. The maximum Gasteiger partial charge on any atom is 0.490 e. The molecule has 0 atom stereocenters. The summed E-state index contributed by atoms with van der Waals surface area (Å²) in [4.78, 5) is 27.2. The van der Waals surface area contributed by atoms with Crippen molar-refractivity contribution in [3.05, 3.63) is 41.4 Å². The van der Waals surface area contributed by atoms with Crippen LogP contribution in [0.1, 0.15) is 36.9 Å². The van der Waals surface area contributed by atoms with Gasteiger partial charge in [0.05, 0.1) is 18.8 Å². The number of imidazole rings is 1. The van der Waals surface area contributed by atoms with Crippen LogP contribution in [-0.4, -0.2) is 73.5 Å². The lowest BCUT2D eigenvalue weighted by atomic mass is 10.3. The van der Waals surface area contributed by atoms with Crippen LogP contribution in [0.3, 0.4) is 0 Å². The summed E-state index contributed by atoms with van der Waals surface area (Å²) in [6, 6.07) is 4.65. The van der Waals surface area contributed by atoms with Gasteiger partial charge in [-0.3, -0.25) is 9.80 Å². The van der Waals surface area contributed by atoms with Crippen molar-refractivity contribution in [2.75, 3.05) is 13.6 Å². The highest BCUT2D eigenvalue weighted by molar-refractivity contribution is 5.73. The largest absolute Gasteiger partial charge is 0.490 e. The number of rotatable bonds is 5. The molecule has 0 amide bonds. The minimum atomic E-state index is -5.08. The number of nitrogens with zero attached hydrogens (tertiary/aromatic N) is 4. The van der Waals surface area contributed by atoms with E-state index in [0.29, 0.717) is 6.04 Å². The van der Waals surface area contributed by atoms with E-state index in [9.17, 15) is 26.3 Å². The third-order valence-corrected chi connectivity index (χ3v) is 4.98. The van der Waals surface area contributed by atoms with Gasteiger partial charge in [0.15, 0.2) is 0 Å². The van der Waals surface area contributed by atoms with E-state index in [0.717, 1.165) is 44.2 Å². The molecule has 0 aromatic carbocycles. The van der Waals surface area contributed by atoms with Gasteiger partial charge in [-0.15, -0.1) is 0 Å². The maximum atomic E-state index is 10.6. The molecule has 0 saturated carbocycles. The molecule has 0 unspecified atom stereocenters. The predicted octanol–water partition coefficient (Wildman–Crippen LogP) is 3.91. The number of aromatic nitrogens is 2. The second kappa shape index (κ2) is 12.8. The first kappa shape index (κ1) is 31.0. The lowest BCUT2D eigenvalue weighted by Crippen LogP contribution is -2.35. The van der Waals surface area contributed by atoms with Crippen molar-refractivity contribution >= 4 is 11.9 Å². The Balaban J connectivity index is 0.000000383. The lowest BCUT2D eigenvalue weighted by molar-refractivity contribution is -0.193. The van der Waals surface area contributed by atoms with Crippen molar-refractivity contribution < 1.29 is 50.6 Å². The molecular weight excluding hydrogens is 502 g/mol. The van der Waals surface area contributed by atoms with Gasteiger partial charge in [-0.05, 0) is 40.0 Å². The molecule has 0 fully saturated rings. The van der Waals surface area contributed by atoms with E-state index in [2.05, 4.69) is 46.3 Å². The molecule has 0 saturated heterocycles. The highest BCUT2D eigenvalue weighted by Gasteiger charge is 2.38. The highest BCUT2D eigenvalue weighted by Crippen LogP contribution is 2.19. The number of carboxylic acid groups (broad SMARTS) is 2. The third kappa shape index (κ3) is 10.3. The number of alkyl halides is 6. The van der Waals surface area contributed by atoms with Crippen molar-refractivity contribution in [3.8, 4) is 0 Å². The average molecular weight is 530 g/mol. The number of aliphatic carboxylic acids is 2. The predicted molar refractivity (Wildman–Crippen MR) is 114 cm³/mol. The van der Waals surface area contributed by atoms with Crippen molar-refractivity contribution in [1.82, 2.24) is 19.4 Å². The van der Waals surface area contributed by atoms with Gasteiger partial charge >= 0.3 is 24.3 Å². The number of carbonyl (C=O) groups is 2. The second-order valence-corrected chi connectivity index (χ2v) is 8.16. The number of hydrogen-bond acceptors (Lipinski definition) is 6. The highest BCUT2D eigenvalue weighted by atomic mass is 19.4. The molecule has 9 nitrogen and oxygen atoms in total. The number of halogens is 6. The van der Waals surface area contributed by atoms with Crippen LogP contribution >= 0.6 is 0 Å². The maximum absolute atomic E-state index is 10.6. The number of fused-ring (bicyclic) bond motifs is 1. The number of hydrogen-bond donors (Lipinski definition) is 2. The Kier molecular flexibility index (Phi) is 11.0. The summed E-state index contributed by atoms with van der Waals surface area (Å²) in [6.07, 6.45) is -8.13. The first-order chi connectivity index (χ1) is 16.4. The van der Waals surface area contributed by atoms with Gasteiger partial charge < -0.3 is 19.2 Å². The van der Waals surface area contributed by atoms with Crippen LogP contribution in [0.4, 0.5) is 26.3 Å². The van der Waals surface area contributed by atoms with Crippen LogP contribution in [0.2, 0.25) is 0 Å². The number of carboxylic acids is 2. The Morgan fingerprint density at radius 1 is 1.08 bits per heavy atom. The summed E-state index contributed by atoms with van der Waals surface area (Å²) >= 11 is 0. The summed E-state index contributed by atoms with van der Waals surface area (Å²) < 4.78 is 71.5. The zero-order valence-corrected chi connectivity index (χ0v) is 20.0. The SMILES string of the molecule is Cc1ccc(CN2CCn3c(CN(C)C(C)C)cnc3C2)o1.O=C(O)C(F)(F)F.O=C(O)C(F)(F)F. The van der Waals surface area contributed by atoms with E-state index in [1.54, 1.807) is 0 Å². The molecular formula is C21H28F6N4O5. The van der Waals surface area contributed by atoms with Gasteiger partial charge in [-0.2, -0.15) is 26.3 Å². The summed E-state index contributed by atoms with van der Waals surface area (Å²) in [5.74, 6) is -2.33. The van der Waals surface area contributed by atoms with Crippen LogP contribution in [-0.2, 0) is 35.8 Å². The quantitative estimate of drug-likeness (QED) is 0.560. The van der Waals surface area contributed by atoms with Gasteiger partial charge in [0, 0.05) is 31.9 Å². The molecule has 36 heavy (non-hydrogen) atoms. The van der Waals surface area contributed by atoms with Crippen LogP contribution in [0.15, 0.2) is 22.7 Å². The molecule has 0 bridgehead atoms. The second-order valence-electron chi connectivity index (χ2n) is 8.16. The first-order valence-corrected chi connectivity index (χ1v) is 10.5. The first-order valence-electron chi connectivity index (χ1n) is 10.5. The number of aryl methyl sites for hydroxylation is 1. The Morgan fingerprint density at radius 3 is 2.03 bits per heavy atom. The van der Waals surface area contributed by atoms with E-state index < -0.39 is 24.3 Å². The molecule has 2 aromatic heterocycles. The molecule has 3 rings (SSSR count). The average Bonchev–Trinajstić information content (AvgIpc) is 3.33. The Hall–Kier alpha value is -3.07. The fraction of sp³-hybridized carbons (Fsp3) is 0.571. The number of furan rings is 1. The molecule has 0 spiro atoms. The molecule has 0 radical (unpaired) electrons. The molecule has 204 valence electrons. The van der Waals surface area contributed by atoms with Gasteiger partial charge in [0.2, 0.25) is 0 Å². The summed E-state index contributed by atoms with van der Waals surface area (Å²) in [5.41, 5.74) is 1.32. The van der Waals surface area contributed by atoms with E-state index in [1.165, 1.54) is 11.5 Å². The van der Waals surface area contributed by atoms with E-state index >= 15 is 0 Å². The lowest BCUT2D eigenvalue weighted by Gasteiger charge is -2.29. The van der Waals surface area contributed by atoms with Crippen molar-refractivity contribution in [1.29, 1.82) is 0 Å². The van der Waals surface area contributed by atoms with Crippen molar-refractivity contribution in [2.24, 2.45) is 0 Å². The summed E-state index contributed by atoms with van der Waals surface area (Å²) in [5, 5.41) is 14.2. The molecule has 15 heteroatoms. The normalized spacial score (nSPS) is 14.0. The Bertz CT molecular complexity index is 976. The summed E-state index contributed by atoms with van der Waals surface area (Å²) in [6.45, 7) is 11.2. The van der Waals surface area contributed by atoms with Crippen molar-refractivity contribution in [3.63, 3.8) is 0 Å². The van der Waals surface area contributed by atoms with Gasteiger partial charge in [0.25, 0.3) is 0 Å². The van der Waals surface area contributed by atoms with Crippen LogP contribution in [0, 0.1) is 6.92 Å². The monoisotopic (exact) mass is 530 g/mol. The van der Waals surface area contributed by atoms with Gasteiger partial charge in [-0.25, -0.2) is 14.6 Å². The molecule has 1 aliphatic heterocycles. The molecule has 1 aliphatic rings. The molecule has 0 aliphatic carbocycles. The van der Waals surface area contributed by atoms with Crippen molar-refractivity contribution in [2.45, 2.75) is 65.3 Å². The molecule has 2 N–H and O–H groups in total. The fourth-order valence-electron chi connectivity index (χ4n) is 2.86. The van der Waals surface area contributed by atoms with Gasteiger partial charge in [0.1, 0.15) is 17.3 Å². The van der Waals surface area contributed by atoms with Crippen LogP contribution in [0.5, 0.6) is 0 Å². The zero-order valence-electron chi connectivity index (χ0n) is 20.0. The van der Waals surface area contributed by atoms with Gasteiger partial charge in [-0.1, -0.05) is 0 Å². The standard InChI is InChI=1S/C17H26N4O.2C2HF3O2/c1-13(2)19(4)10-15-9-18-17-12-20(7-8-21(15)17)11-16-6-5-14(3)22-16;2*3-2(4,5)1(6)7/h5-6,9,13H,7-8,10-12H2,1-4H3;2*(H,6,7). The topological polar surface area (TPSA) is 112 Å². The minimum absolute atomic E-state index is 0.549. The zero-order chi connectivity index (χ0) is 27.8.